The van der Waals surface area contributed by atoms with Crippen LogP contribution in [0.15, 0.2) is 30.6 Å². The van der Waals surface area contributed by atoms with Gasteiger partial charge in [-0.3, -0.25) is 4.68 Å². The average Bonchev–Trinajstić information content (AvgIpc) is 2.77. The lowest BCUT2D eigenvalue weighted by atomic mass is 10.1. The molecule has 0 aliphatic rings. The Labute approximate surface area is 111 Å². The molecule has 0 saturated heterocycles. The fraction of sp³-hybridized carbons (Fsp3) is 0.286. The fourth-order valence-electron chi connectivity index (χ4n) is 1.67. The van der Waals surface area contributed by atoms with Crippen LogP contribution in [0.2, 0.25) is 0 Å². The van der Waals surface area contributed by atoms with Gasteiger partial charge in [0, 0.05) is 6.04 Å². The van der Waals surface area contributed by atoms with Crippen molar-refractivity contribution >= 4 is 5.97 Å². The summed E-state index contributed by atoms with van der Waals surface area (Å²) in [6, 6.07) is 5.22. The van der Waals surface area contributed by atoms with E-state index in [1.54, 1.807) is 35.3 Å². The monoisotopic (exact) mass is 260 g/mol. The first-order valence-corrected chi connectivity index (χ1v) is 6.03. The minimum atomic E-state index is -1.01. The number of ether oxygens (including phenoxy) is 1. The molecule has 1 aromatic heterocycles. The molecule has 0 spiro atoms. The molecule has 0 bridgehead atoms. The molecule has 0 fully saturated rings. The van der Waals surface area contributed by atoms with Gasteiger partial charge in [-0.15, -0.1) is 0 Å². The molecule has 0 radical (unpaired) electrons. The Balaban J connectivity index is 2.31. The second-order valence-corrected chi connectivity index (χ2v) is 4.66. The summed E-state index contributed by atoms with van der Waals surface area (Å²) in [5.41, 5.74) is 1.08. The highest BCUT2D eigenvalue weighted by molar-refractivity contribution is 5.91. The van der Waals surface area contributed by atoms with Gasteiger partial charge in [-0.2, -0.15) is 5.10 Å². The lowest BCUT2D eigenvalue weighted by molar-refractivity contribution is 0.0694. The molecule has 100 valence electrons. The highest BCUT2D eigenvalue weighted by atomic mass is 16.5. The Morgan fingerprint density at radius 1 is 1.42 bits per heavy atom. The first kappa shape index (κ1) is 13.1. The molecule has 0 saturated carbocycles. The van der Waals surface area contributed by atoms with Gasteiger partial charge in [0.2, 0.25) is 0 Å². The summed E-state index contributed by atoms with van der Waals surface area (Å²) in [7, 11) is 0. The van der Waals surface area contributed by atoms with E-state index in [4.69, 9.17) is 9.84 Å². The van der Waals surface area contributed by atoms with Crippen molar-refractivity contribution in [1.82, 2.24) is 9.78 Å². The maximum atomic E-state index is 11.1. The smallest absolute Gasteiger partial charge is 0.339 e. The van der Waals surface area contributed by atoms with Crippen molar-refractivity contribution in [3.8, 4) is 11.5 Å². The Bertz CT molecular complexity index is 602. The van der Waals surface area contributed by atoms with Gasteiger partial charge >= 0.3 is 5.97 Å². The van der Waals surface area contributed by atoms with Gasteiger partial charge in [0.15, 0.2) is 5.75 Å². The van der Waals surface area contributed by atoms with Crippen LogP contribution in [0.5, 0.6) is 11.5 Å². The van der Waals surface area contributed by atoms with E-state index in [1.807, 2.05) is 20.8 Å². The van der Waals surface area contributed by atoms with Crippen LogP contribution in [-0.2, 0) is 0 Å². The molecule has 2 aromatic rings. The number of hydrogen-bond donors (Lipinski definition) is 1. The third-order valence-electron chi connectivity index (χ3n) is 2.70. The summed E-state index contributed by atoms with van der Waals surface area (Å²) in [6.45, 7) is 5.90. The van der Waals surface area contributed by atoms with Crippen LogP contribution < -0.4 is 4.74 Å². The third kappa shape index (κ3) is 2.93. The molecule has 0 atom stereocenters. The van der Waals surface area contributed by atoms with Crippen molar-refractivity contribution in [2.45, 2.75) is 26.8 Å². The molecule has 1 heterocycles. The highest BCUT2D eigenvalue weighted by Crippen LogP contribution is 2.26. The lowest BCUT2D eigenvalue weighted by Crippen LogP contribution is -2.01. The number of carboxylic acids is 1. The zero-order chi connectivity index (χ0) is 14.0. The van der Waals surface area contributed by atoms with Crippen LogP contribution in [0.1, 0.15) is 35.8 Å². The predicted octanol–water partition coefficient (Wildman–Crippen LogP) is 3.26. The Morgan fingerprint density at radius 3 is 2.74 bits per heavy atom. The first-order valence-electron chi connectivity index (χ1n) is 6.03. The van der Waals surface area contributed by atoms with Gasteiger partial charge < -0.3 is 9.84 Å². The number of aryl methyl sites for hydroxylation is 1. The van der Waals surface area contributed by atoms with Gasteiger partial charge in [-0.05, 0) is 38.5 Å². The van der Waals surface area contributed by atoms with E-state index < -0.39 is 5.97 Å². The van der Waals surface area contributed by atoms with Crippen molar-refractivity contribution in [2.75, 3.05) is 0 Å². The van der Waals surface area contributed by atoms with Crippen LogP contribution >= 0.6 is 0 Å². The third-order valence-corrected chi connectivity index (χ3v) is 2.70. The molecule has 0 aliphatic carbocycles. The minimum Gasteiger partial charge on any atom is -0.478 e. The van der Waals surface area contributed by atoms with Gasteiger partial charge in [0.1, 0.15) is 11.3 Å². The van der Waals surface area contributed by atoms with Crippen LogP contribution in [0.25, 0.3) is 0 Å². The Hall–Kier alpha value is -2.30. The number of carboxylic acid groups (broad SMARTS) is 1. The molecule has 1 N–H and O–H groups in total. The van der Waals surface area contributed by atoms with Gasteiger partial charge in [-0.1, -0.05) is 6.07 Å². The number of benzene rings is 1. The molecule has 0 amide bonds. The number of aromatic nitrogens is 2. The Morgan fingerprint density at radius 2 is 2.16 bits per heavy atom. The molecule has 5 heteroatoms. The van der Waals surface area contributed by atoms with Crippen molar-refractivity contribution in [3.63, 3.8) is 0 Å². The van der Waals surface area contributed by atoms with E-state index in [0.29, 0.717) is 11.5 Å². The molecular formula is C14H16N2O3. The van der Waals surface area contributed by atoms with Gasteiger partial charge in [0.05, 0.1) is 12.4 Å². The van der Waals surface area contributed by atoms with Crippen molar-refractivity contribution in [2.24, 2.45) is 0 Å². The van der Waals surface area contributed by atoms with E-state index in [9.17, 15) is 4.79 Å². The molecular weight excluding hydrogens is 244 g/mol. The van der Waals surface area contributed by atoms with Crippen molar-refractivity contribution in [1.29, 1.82) is 0 Å². The second-order valence-electron chi connectivity index (χ2n) is 4.66. The van der Waals surface area contributed by atoms with Crippen LogP contribution in [0, 0.1) is 6.92 Å². The summed E-state index contributed by atoms with van der Waals surface area (Å²) >= 11 is 0. The number of aromatic carboxylic acids is 1. The van der Waals surface area contributed by atoms with E-state index in [1.165, 1.54) is 0 Å². The average molecular weight is 260 g/mol. The number of nitrogens with zero attached hydrogens (tertiary/aromatic N) is 2. The summed E-state index contributed by atoms with van der Waals surface area (Å²) in [4.78, 5) is 11.1. The molecule has 19 heavy (non-hydrogen) atoms. The number of carbonyl (C=O) groups is 1. The highest BCUT2D eigenvalue weighted by Gasteiger charge is 2.13. The van der Waals surface area contributed by atoms with Gasteiger partial charge in [-0.25, -0.2) is 4.79 Å². The summed E-state index contributed by atoms with van der Waals surface area (Å²) in [6.07, 6.45) is 3.33. The normalized spacial score (nSPS) is 10.7. The van der Waals surface area contributed by atoms with E-state index in [0.717, 1.165) is 5.56 Å². The summed E-state index contributed by atoms with van der Waals surface area (Å²) in [5.74, 6) is -0.149. The Kier molecular flexibility index (Phi) is 3.55. The topological polar surface area (TPSA) is 64.3 Å². The van der Waals surface area contributed by atoms with Crippen molar-refractivity contribution in [3.05, 3.63) is 41.7 Å². The minimum absolute atomic E-state index is 0.142. The van der Waals surface area contributed by atoms with Crippen LogP contribution in [0.3, 0.4) is 0 Å². The fourth-order valence-corrected chi connectivity index (χ4v) is 1.67. The standard InChI is InChI=1S/C14H16N2O3/c1-9(2)16-8-11(7-15-16)19-13-6-10(3)4-5-12(13)14(17)18/h4-9H,1-3H3,(H,17,18). The first-order chi connectivity index (χ1) is 8.97. The van der Waals surface area contributed by atoms with E-state index in [-0.39, 0.29) is 11.6 Å². The predicted molar refractivity (Wildman–Crippen MR) is 70.8 cm³/mol. The zero-order valence-electron chi connectivity index (χ0n) is 11.1. The number of rotatable bonds is 4. The largest absolute Gasteiger partial charge is 0.478 e. The van der Waals surface area contributed by atoms with E-state index >= 15 is 0 Å². The van der Waals surface area contributed by atoms with E-state index in [2.05, 4.69) is 5.10 Å². The number of hydrogen-bond acceptors (Lipinski definition) is 3. The molecule has 2 rings (SSSR count). The molecule has 5 nitrogen and oxygen atoms in total. The molecule has 0 aliphatic heterocycles. The quantitative estimate of drug-likeness (QED) is 0.916. The lowest BCUT2D eigenvalue weighted by Gasteiger charge is -2.08. The molecule has 0 unspecified atom stereocenters. The zero-order valence-corrected chi connectivity index (χ0v) is 11.1. The van der Waals surface area contributed by atoms with Crippen molar-refractivity contribution < 1.29 is 14.6 Å². The summed E-state index contributed by atoms with van der Waals surface area (Å²) in [5, 5.41) is 13.3. The molecule has 1 aromatic carbocycles. The van der Waals surface area contributed by atoms with Gasteiger partial charge in [0.25, 0.3) is 0 Å². The van der Waals surface area contributed by atoms with Crippen LogP contribution in [0.4, 0.5) is 0 Å². The summed E-state index contributed by atoms with van der Waals surface area (Å²) < 4.78 is 7.37. The maximum absolute atomic E-state index is 11.1. The SMILES string of the molecule is Cc1ccc(C(=O)O)c(Oc2cnn(C(C)C)c2)c1. The van der Waals surface area contributed by atoms with Crippen LogP contribution in [-0.4, -0.2) is 20.9 Å². The maximum Gasteiger partial charge on any atom is 0.339 e. The second kappa shape index (κ2) is 5.14.